The van der Waals surface area contributed by atoms with Crippen LogP contribution in [0.3, 0.4) is 0 Å². The number of carbonyl (C=O) groups is 1. The zero-order valence-corrected chi connectivity index (χ0v) is 12.9. The molecule has 0 saturated heterocycles. The molecule has 0 radical (unpaired) electrons. The van der Waals surface area contributed by atoms with E-state index in [4.69, 9.17) is 5.11 Å². The van der Waals surface area contributed by atoms with Crippen molar-refractivity contribution in [3.05, 3.63) is 29.8 Å². The number of amides is 1. The summed E-state index contributed by atoms with van der Waals surface area (Å²) in [6.07, 6.45) is -1.47. The van der Waals surface area contributed by atoms with Crippen LogP contribution < -0.4 is 0 Å². The van der Waals surface area contributed by atoms with Gasteiger partial charge in [-0.2, -0.15) is 0 Å². The Morgan fingerprint density at radius 1 is 1.35 bits per heavy atom. The summed E-state index contributed by atoms with van der Waals surface area (Å²) in [6, 6.07) is 6.25. The molecule has 20 heavy (non-hydrogen) atoms. The molecule has 0 aliphatic rings. The summed E-state index contributed by atoms with van der Waals surface area (Å²) in [4.78, 5) is 10.8. The summed E-state index contributed by atoms with van der Waals surface area (Å²) in [5.74, 6) is 0. The van der Waals surface area contributed by atoms with Crippen molar-refractivity contribution in [1.29, 1.82) is 0 Å². The molecule has 112 valence electrons. The van der Waals surface area contributed by atoms with Crippen molar-refractivity contribution < 1.29 is 22.5 Å². The molecule has 1 atom stereocenters. The van der Waals surface area contributed by atoms with Gasteiger partial charge in [-0.05, 0) is 18.6 Å². The second-order valence-electron chi connectivity index (χ2n) is 3.90. The van der Waals surface area contributed by atoms with Gasteiger partial charge in [0, 0.05) is 13.6 Å². The van der Waals surface area contributed by atoms with Crippen LogP contribution in [0.25, 0.3) is 0 Å². The smallest absolute Gasteiger partial charge is 0.420 e. The summed E-state index contributed by atoms with van der Waals surface area (Å²) >= 11 is -2.33. The van der Waals surface area contributed by atoms with Crippen LogP contribution in [0.15, 0.2) is 29.2 Å². The summed E-state index contributed by atoms with van der Waals surface area (Å²) < 4.78 is 38.1. The third kappa shape index (κ3) is 3.17. The maximum absolute atomic E-state index is 12.5. The fourth-order valence-electron chi connectivity index (χ4n) is 1.52. The predicted octanol–water partition coefficient (Wildman–Crippen LogP) is 1.19. The van der Waals surface area contributed by atoms with Crippen molar-refractivity contribution in [2.24, 2.45) is 0 Å². The number of sulfonamides is 1. The van der Waals surface area contributed by atoms with Crippen LogP contribution in [0.1, 0.15) is 12.5 Å². The monoisotopic (exact) mass is 320 g/mol. The molecule has 0 bridgehead atoms. The molecular formula is C11H16N2O5S2. The Morgan fingerprint density at radius 2 is 1.90 bits per heavy atom. The van der Waals surface area contributed by atoms with Gasteiger partial charge in [0.15, 0.2) is 0 Å². The minimum atomic E-state index is -4.03. The predicted molar refractivity (Wildman–Crippen MR) is 74.7 cm³/mol. The molecule has 0 aliphatic heterocycles. The molecule has 7 nitrogen and oxygen atoms in total. The molecule has 0 fully saturated rings. The zero-order valence-electron chi connectivity index (χ0n) is 11.3. The SMILES string of the molecule is CCN(S(=O)N(C)C(=O)O)S(=O)(=O)c1ccccc1C. The fraction of sp³-hybridized carbons (Fsp3) is 0.364. The first kappa shape index (κ1) is 16.6. The van der Waals surface area contributed by atoms with E-state index in [9.17, 15) is 17.4 Å². The van der Waals surface area contributed by atoms with Gasteiger partial charge in [-0.1, -0.05) is 28.8 Å². The number of aryl methyl sites for hydroxylation is 1. The van der Waals surface area contributed by atoms with Crippen molar-refractivity contribution >= 4 is 27.3 Å². The van der Waals surface area contributed by atoms with E-state index in [-0.39, 0.29) is 11.4 Å². The Hall–Kier alpha value is -1.45. The first-order valence-corrected chi connectivity index (χ1v) is 8.20. The Kier molecular flexibility index (Phi) is 5.26. The lowest BCUT2D eigenvalue weighted by atomic mass is 10.2. The van der Waals surface area contributed by atoms with E-state index in [0.29, 0.717) is 13.6 Å². The van der Waals surface area contributed by atoms with Gasteiger partial charge in [0.2, 0.25) is 11.2 Å². The number of rotatable bonds is 5. The third-order valence-electron chi connectivity index (χ3n) is 2.58. The van der Waals surface area contributed by atoms with Crippen molar-refractivity contribution in [3.63, 3.8) is 0 Å². The third-order valence-corrected chi connectivity index (χ3v) is 6.59. The second kappa shape index (κ2) is 6.33. The minimum absolute atomic E-state index is 0.00832. The Balaban J connectivity index is 3.28. The number of benzene rings is 1. The van der Waals surface area contributed by atoms with Crippen LogP contribution in [0.4, 0.5) is 4.79 Å². The van der Waals surface area contributed by atoms with Gasteiger partial charge in [0.1, 0.15) is 0 Å². The van der Waals surface area contributed by atoms with Crippen LogP contribution in [0.2, 0.25) is 0 Å². The van der Waals surface area contributed by atoms with Crippen LogP contribution in [0.5, 0.6) is 0 Å². The standard InChI is InChI=1S/C11H16N2O5S2/c1-4-13(19(16)12(3)11(14)15)20(17,18)10-8-6-5-7-9(10)2/h5-8H,4H2,1-3H3,(H,14,15). The molecule has 1 unspecified atom stereocenters. The van der Waals surface area contributed by atoms with Crippen molar-refractivity contribution in [3.8, 4) is 0 Å². The molecule has 0 aliphatic carbocycles. The summed E-state index contributed by atoms with van der Waals surface area (Å²) in [5.41, 5.74) is 0.501. The molecule has 0 spiro atoms. The summed E-state index contributed by atoms with van der Waals surface area (Å²) in [5, 5.41) is 8.80. The van der Waals surface area contributed by atoms with E-state index in [1.807, 2.05) is 0 Å². The highest BCUT2D eigenvalue weighted by molar-refractivity contribution is 8.00. The maximum Gasteiger partial charge on any atom is 0.420 e. The Labute approximate surface area is 120 Å². The largest absolute Gasteiger partial charge is 0.464 e. The van der Waals surface area contributed by atoms with Crippen molar-refractivity contribution in [2.75, 3.05) is 13.6 Å². The van der Waals surface area contributed by atoms with Gasteiger partial charge in [-0.15, -0.1) is 0 Å². The molecule has 9 heteroatoms. The van der Waals surface area contributed by atoms with E-state index < -0.39 is 27.3 Å². The van der Waals surface area contributed by atoms with Gasteiger partial charge < -0.3 is 5.11 Å². The average molecular weight is 320 g/mol. The van der Waals surface area contributed by atoms with Crippen LogP contribution >= 0.6 is 0 Å². The molecule has 1 rings (SSSR count). The topological polar surface area (TPSA) is 95.0 Å². The van der Waals surface area contributed by atoms with Gasteiger partial charge in [-0.3, -0.25) is 0 Å². The van der Waals surface area contributed by atoms with Crippen LogP contribution in [0, 0.1) is 6.92 Å². The lowest BCUT2D eigenvalue weighted by molar-refractivity contribution is 0.179. The quantitative estimate of drug-likeness (QED) is 0.879. The lowest BCUT2D eigenvalue weighted by Crippen LogP contribution is -2.42. The summed E-state index contributed by atoms with van der Waals surface area (Å²) in [6.45, 7) is 2.99. The van der Waals surface area contributed by atoms with E-state index in [2.05, 4.69) is 0 Å². The Morgan fingerprint density at radius 3 is 2.35 bits per heavy atom. The molecular weight excluding hydrogens is 304 g/mol. The number of carboxylic acid groups (broad SMARTS) is 1. The molecule has 0 saturated carbocycles. The fourth-order valence-corrected chi connectivity index (χ4v) is 4.65. The van der Waals surface area contributed by atoms with Crippen molar-refractivity contribution in [1.82, 2.24) is 8.02 Å². The Bertz CT molecular complexity index is 629. The molecule has 0 aromatic heterocycles. The zero-order chi connectivity index (χ0) is 15.5. The highest BCUT2D eigenvalue weighted by Gasteiger charge is 2.33. The average Bonchev–Trinajstić information content (AvgIpc) is 2.38. The summed E-state index contributed by atoms with van der Waals surface area (Å²) in [7, 11) is -2.98. The molecule has 1 N–H and O–H groups in total. The highest BCUT2D eigenvalue weighted by atomic mass is 32.3. The van der Waals surface area contributed by atoms with E-state index in [1.165, 1.54) is 13.0 Å². The highest BCUT2D eigenvalue weighted by Crippen LogP contribution is 2.21. The van der Waals surface area contributed by atoms with Gasteiger partial charge in [0.25, 0.3) is 10.0 Å². The molecule has 1 amide bonds. The number of hydrogen-bond donors (Lipinski definition) is 1. The van der Waals surface area contributed by atoms with E-state index in [1.54, 1.807) is 25.1 Å². The van der Waals surface area contributed by atoms with Crippen molar-refractivity contribution in [2.45, 2.75) is 18.7 Å². The molecule has 1 aromatic rings. The normalized spacial score (nSPS) is 13.2. The van der Waals surface area contributed by atoms with Crippen LogP contribution in [-0.2, 0) is 21.2 Å². The van der Waals surface area contributed by atoms with Gasteiger partial charge in [0.05, 0.1) is 4.90 Å². The number of hydrogen-bond acceptors (Lipinski definition) is 4. The lowest BCUT2D eigenvalue weighted by Gasteiger charge is -2.23. The number of nitrogens with zero attached hydrogens (tertiary/aromatic N) is 2. The minimum Gasteiger partial charge on any atom is -0.464 e. The van der Waals surface area contributed by atoms with Gasteiger partial charge in [-0.25, -0.2) is 21.7 Å². The van der Waals surface area contributed by atoms with Gasteiger partial charge >= 0.3 is 6.09 Å². The first-order valence-electron chi connectivity index (χ1n) is 5.70. The molecule has 0 heterocycles. The molecule has 1 aromatic carbocycles. The van der Waals surface area contributed by atoms with E-state index >= 15 is 0 Å². The second-order valence-corrected chi connectivity index (χ2v) is 7.41. The first-order chi connectivity index (χ1) is 9.23. The van der Waals surface area contributed by atoms with E-state index in [0.717, 1.165) is 7.05 Å². The maximum atomic E-state index is 12.5. The van der Waals surface area contributed by atoms with Crippen LogP contribution in [-0.4, -0.2) is 45.4 Å².